The summed E-state index contributed by atoms with van der Waals surface area (Å²) in [5.41, 5.74) is 1.49. The third-order valence-corrected chi connectivity index (χ3v) is 3.39. The summed E-state index contributed by atoms with van der Waals surface area (Å²) >= 11 is 0. The Morgan fingerprint density at radius 1 is 1.09 bits per heavy atom. The van der Waals surface area contributed by atoms with Crippen molar-refractivity contribution in [3.63, 3.8) is 0 Å². The van der Waals surface area contributed by atoms with Gasteiger partial charge in [0.1, 0.15) is 5.82 Å². The van der Waals surface area contributed by atoms with Crippen LogP contribution in [0.25, 0.3) is 0 Å². The first-order valence-electron chi connectivity index (χ1n) is 7.47. The molecule has 0 fully saturated rings. The molecule has 116 valence electrons. The molecule has 4 heteroatoms. The van der Waals surface area contributed by atoms with Crippen LogP contribution in [0.15, 0.2) is 54.6 Å². The summed E-state index contributed by atoms with van der Waals surface area (Å²) in [6, 6.07) is 16.2. The molecule has 0 bridgehead atoms. The molecular formula is C18H21FN2O. The van der Waals surface area contributed by atoms with Gasteiger partial charge >= 0.3 is 0 Å². The summed E-state index contributed by atoms with van der Waals surface area (Å²) in [7, 11) is 0. The predicted molar refractivity (Wildman–Crippen MR) is 87.3 cm³/mol. The van der Waals surface area contributed by atoms with Gasteiger partial charge in [-0.25, -0.2) is 4.39 Å². The summed E-state index contributed by atoms with van der Waals surface area (Å²) in [5.74, 6) is -0.212. The van der Waals surface area contributed by atoms with Gasteiger partial charge in [-0.1, -0.05) is 36.4 Å². The minimum Gasteiger partial charge on any atom is -0.326 e. The average molecular weight is 300 g/mol. The highest BCUT2D eigenvalue weighted by Gasteiger charge is 2.09. The second kappa shape index (κ2) is 8.29. The number of para-hydroxylation sites is 1. The Balaban J connectivity index is 1.70. The Hall–Kier alpha value is -2.20. The molecular weight excluding hydrogens is 279 g/mol. The third kappa shape index (κ3) is 5.30. The Morgan fingerprint density at radius 3 is 2.50 bits per heavy atom. The van der Waals surface area contributed by atoms with Gasteiger partial charge in [0.2, 0.25) is 5.91 Å². The highest BCUT2D eigenvalue weighted by Crippen LogP contribution is 2.08. The van der Waals surface area contributed by atoms with Gasteiger partial charge in [-0.05, 0) is 43.7 Å². The van der Waals surface area contributed by atoms with E-state index >= 15 is 0 Å². The Labute approximate surface area is 130 Å². The van der Waals surface area contributed by atoms with E-state index in [0.717, 1.165) is 5.69 Å². The van der Waals surface area contributed by atoms with E-state index < -0.39 is 0 Å². The van der Waals surface area contributed by atoms with E-state index in [1.807, 2.05) is 43.3 Å². The van der Waals surface area contributed by atoms with Crippen molar-refractivity contribution in [2.45, 2.75) is 25.8 Å². The van der Waals surface area contributed by atoms with Crippen molar-refractivity contribution in [3.05, 3.63) is 66.0 Å². The molecule has 2 rings (SSSR count). The van der Waals surface area contributed by atoms with Gasteiger partial charge in [0.05, 0.1) is 0 Å². The van der Waals surface area contributed by atoms with Gasteiger partial charge in [-0.15, -0.1) is 0 Å². The molecule has 0 unspecified atom stereocenters. The molecule has 0 aliphatic carbocycles. The van der Waals surface area contributed by atoms with Gasteiger partial charge in [0.15, 0.2) is 0 Å². The lowest BCUT2D eigenvalue weighted by atomic mass is 10.1. The standard InChI is InChI=1S/C18H21FN2O/c1-14(13-18(22)21-16-8-3-2-4-9-16)20-12-11-15-7-5-6-10-17(15)19/h2-10,14,20H,11-13H2,1H3,(H,21,22)/t14-/m1/s1. The Kier molecular flexibility index (Phi) is 6.10. The minimum atomic E-state index is -0.182. The third-order valence-electron chi connectivity index (χ3n) is 3.39. The van der Waals surface area contributed by atoms with Gasteiger partial charge < -0.3 is 10.6 Å². The summed E-state index contributed by atoms with van der Waals surface area (Å²) in [5, 5.41) is 6.10. The molecule has 0 aliphatic rings. The van der Waals surface area contributed by atoms with Crippen LogP contribution in [-0.4, -0.2) is 18.5 Å². The van der Waals surface area contributed by atoms with Crippen molar-refractivity contribution in [2.75, 3.05) is 11.9 Å². The largest absolute Gasteiger partial charge is 0.326 e. The van der Waals surface area contributed by atoms with Gasteiger partial charge in [-0.3, -0.25) is 4.79 Å². The molecule has 0 radical (unpaired) electrons. The van der Waals surface area contributed by atoms with Crippen molar-refractivity contribution in [1.29, 1.82) is 0 Å². The molecule has 1 atom stereocenters. The first-order valence-corrected chi connectivity index (χ1v) is 7.47. The quantitative estimate of drug-likeness (QED) is 0.823. The van der Waals surface area contributed by atoms with E-state index in [4.69, 9.17) is 0 Å². The van der Waals surface area contributed by atoms with Gasteiger partial charge in [0, 0.05) is 18.2 Å². The zero-order valence-corrected chi connectivity index (χ0v) is 12.7. The maximum Gasteiger partial charge on any atom is 0.225 e. The lowest BCUT2D eigenvalue weighted by Gasteiger charge is -2.14. The van der Waals surface area contributed by atoms with E-state index in [2.05, 4.69) is 10.6 Å². The smallest absolute Gasteiger partial charge is 0.225 e. The normalized spacial score (nSPS) is 11.9. The number of halogens is 1. The Morgan fingerprint density at radius 2 is 1.77 bits per heavy atom. The highest BCUT2D eigenvalue weighted by atomic mass is 19.1. The number of carbonyl (C=O) groups excluding carboxylic acids is 1. The summed E-state index contributed by atoms with van der Waals surface area (Å²) in [4.78, 5) is 11.9. The molecule has 0 heterocycles. The first kappa shape index (κ1) is 16.2. The number of hydrogen-bond donors (Lipinski definition) is 2. The number of amides is 1. The van der Waals surface area contributed by atoms with Crippen LogP contribution in [0, 0.1) is 5.82 Å². The van der Waals surface area contributed by atoms with E-state index in [9.17, 15) is 9.18 Å². The number of carbonyl (C=O) groups is 1. The molecule has 2 aromatic carbocycles. The number of rotatable bonds is 7. The van der Waals surface area contributed by atoms with Crippen molar-refractivity contribution < 1.29 is 9.18 Å². The second-order valence-corrected chi connectivity index (χ2v) is 5.31. The number of hydrogen-bond acceptors (Lipinski definition) is 2. The predicted octanol–water partition coefficient (Wildman–Crippen LogP) is 3.38. The van der Waals surface area contributed by atoms with E-state index in [1.165, 1.54) is 6.07 Å². The summed E-state index contributed by atoms with van der Waals surface area (Å²) in [6.45, 7) is 2.59. The maximum absolute atomic E-state index is 13.5. The van der Waals surface area contributed by atoms with Crippen molar-refractivity contribution in [3.8, 4) is 0 Å². The molecule has 2 N–H and O–H groups in total. The summed E-state index contributed by atoms with van der Waals surface area (Å²) in [6.07, 6.45) is 0.990. The van der Waals surface area contributed by atoms with Gasteiger partial charge in [-0.2, -0.15) is 0 Å². The minimum absolute atomic E-state index is 0.0305. The van der Waals surface area contributed by atoms with Crippen LogP contribution in [-0.2, 0) is 11.2 Å². The lowest BCUT2D eigenvalue weighted by Crippen LogP contribution is -2.32. The first-order chi connectivity index (χ1) is 10.6. The molecule has 2 aromatic rings. The zero-order chi connectivity index (χ0) is 15.8. The van der Waals surface area contributed by atoms with E-state index in [1.54, 1.807) is 12.1 Å². The fourth-order valence-electron chi connectivity index (χ4n) is 2.24. The van der Waals surface area contributed by atoms with Crippen LogP contribution >= 0.6 is 0 Å². The van der Waals surface area contributed by atoms with Gasteiger partial charge in [0.25, 0.3) is 0 Å². The molecule has 0 aromatic heterocycles. The second-order valence-electron chi connectivity index (χ2n) is 5.31. The molecule has 0 saturated heterocycles. The monoisotopic (exact) mass is 300 g/mol. The zero-order valence-electron chi connectivity index (χ0n) is 12.7. The maximum atomic E-state index is 13.5. The Bertz CT molecular complexity index is 601. The fourth-order valence-corrected chi connectivity index (χ4v) is 2.24. The number of nitrogens with one attached hydrogen (secondary N) is 2. The van der Waals surface area contributed by atoms with Crippen LogP contribution in [0.1, 0.15) is 18.9 Å². The van der Waals surface area contributed by atoms with Crippen molar-refractivity contribution in [1.82, 2.24) is 5.32 Å². The molecule has 0 saturated carbocycles. The number of benzene rings is 2. The number of anilines is 1. The van der Waals surface area contributed by atoms with Crippen LogP contribution in [0.5, 0.6) is 0 Å². The lowest BCUT2D eigenvalue weighted by molar-refractivity contribution is -0.116. The SMILES string of the molecule is C[C@H](CC(=O)Nc1ccccc1)NCCc1ccccc1F. The molecule has 3 nitrogen and oxygen atoms in total. The van der Waals surface area contributed by atoms with E-state index in [0.29, 0.717) is 24.9 Å². The van der Waals surface area contributed by atoms with Crippen molar-refractivity contribution >= 4 is 11.6 Å². The van der Waals surface area contributed by atoms with Crippen LogP contribution in [0.4, 0.5) is 10.1 Å². The molecule has 0 spiro atoms. The van der Waals surface area contributed by atoms with Crippen LogP contribution < -0.4 is 10.6 Å². The highest BCUT2D eigenvalue weighted by molar-refractivity contribution is 5.90. The van der Waals surface area contributed by atoms with Crippen LogP contribution in [0.2, 0.25) is 0 Å². The molecule has 22 heavy (non-hydrogen) atoms. The van der Waals surface area contributed by atoms with Crippen LogP contribution in [0.3, 0.4) is 0 Å². The van der Waals surface area contributed by atoms with Crippen molar-refractivity contribution in [2.24, 2.45) is 0 Å². The summed E-state index contributed by atoms with van der Waals surface area (Å²) < 4.78 is 13.5. The topological polar surface area (TPSA) is 41.1 Å². The van der Waals surface area contributed by atoms with E-state index in [-0.39, 0.29) is 17.8 Å². The molecule has 0 aliphatic heterocycles. The fraction of sp³-hybridized carbons (Fsp3) is 0.278. The molecule has 1 amide bonds. The average Bonchev–Trinajstić information content (AvgIpc) is 2.50.